The van der Waals surface area contributed by atoms with Gasteiger partial charge in [-0.25, -0.2) is 4.99 Å². The minimum absolute atomic E-state index is 0.229. The molecule has 0 saturated carbocycles. The summed E-state index contributed by atoms with van der Waals surface area (Å²) in [7, 11) is 0. The quantitative estimate of drug-likeness (QED) is 0.649. The lowest BCUT2D eigenvalue weighted by molar-refractivity contribution is -0.132. The van der Waals surface area contributed by atoms with E-state index < -0.39 is 12.6 Å². The van der Waals surface area contributed by atoms with E-state index in [-0.39, 0.29) is 13.1 Å². The van der Waals surface area contributed by atoms with Gasteiger partial charge in [-0.2, -0.15) is 18.4 Å². The van der Waals surface area contributed by atoms with Crippen LogP contribution in [0.1, 0.15) is 24.5 Å². The topological polar surface area (TPSA) is 60.2 Å². The molecule has 7 heteroatoms. The maximum atomic E-state index is 12.1. The average molecular weight is 298 g/mol. The van der Waals surface area contributed by atoms with Crippen LogP contribution >= 0.6 is 0 Å². The molecule has 1 rings (SSSR count). The zero-order chi connectivity index (χ0) is 15.7. The Kier molecular flexibility index (Phi) is 6.53. The van der Waals surface area contributed by atoms with Gasteiger partial charge in [0, 0.05) is 13.1 Å². The molecular formula is C14H17F3N4. The molecule has 0 atom stereocenters. The van der Waals surface area contributed by atoms with Crippen LogP contribution in [0.2, 0.25) is 0 Å². The largest absolute Gasteiger partial charge is 0.390 e. The summed E-state index contributed by atoms with van der Waals surface area (Å²) < 4.78 is 36.3. The molecule has 2 N–H and O–H groups in total. The molecule has 1 aromatic carbocycles. The minimum Gasteiger partial charge on any atom is -0.357 e. The molecule has 0 spiro atoms. The van der Waals surface area contributed by atoms with E-state index in [4.69, 9.17) is 5.26 Å². The number of nitrogens with zero attached hydrogens (tertiary/aromatic N) is 2. The van der Waals surface area contributed by atoms with E-state index in [9.17, 15) is 13.2 Å². The van der Waals surface area contributed by atoms with Crippen LogP contribution in [0, 0.1) is 11.3 Å². The summed E-state index contributed by atoms with van der Waals surface area (Å²) in [4.78, 5) is 4.20. The van der Waals surface area contributed by atoms with Crippen molar-refractivity contribution in [3.05, 3.63) is 35.4 Å². The monoisotopic (exact) mass is 298 g/mol. The van der Waals surface area contributed by atoms with Crippen LogP contribution in [0.3, 0.4) is 0 Å². The number of hydrogen-bond donors (Lipinski definition) is 2. The van der Waals surface area contributed by atoms with Gasteiger partial charge in [-0.1, -0.05) is 12.1 Å². The fourth-order valence-electron chi connectivity index (χ4n) is 1.57. The molecule has 0 aliphatic carbocycles. The van der Waals surface area contributed by atoms with Crippen molar-refractivity contribution >= 4 is 5.96 Å². The number of alkyl halides is 3. The van der Waals surface area contributed by atoms with Crippen molar-refractivity contribution in [3.63, 3.8) is 0 Å². The van der Waals surface area contributed by atoms with Crippen molar-refractivity contribution in [2.75, 3.05) is 13.1 Å². The van der Waals surface area contributed by atoms with Crippen molar-refractivity contribution < 1.29 is 13.2 Å². The predicted molar refractivity (Wildman–Crippen MR) is 74.6 cm³/mol. The number of nitrogens with one attached hydrogen (secondary N) is 2. The lowest BCUT2D eigenvalue weighted by atomic mass is 10.1. The molecule has 1 aromatic rings. The molecule has 0 fully saturated rings. The average Bonchev–Trinajstić information content (AvgIpc) is 2.43. The van der Waals surface area contributed by atoms with Gasteiger partial charge in [0.1, 0.15) is 0 Å². The molecule has 21 heavy (non-hydrogen) atoms. The first-order valence-electron chi connectivity index (χ1n) is 6.52. The molecule has 0 bridgehead atoms. The fraction of sp³-hybridized carbons (Fsp3) is 0.429. The van der Waals surface area contributed by atoms with Crippen LogP contribution in [0.15, 0.2) is 29.3 Å². The molecule has 0 radical (unpaired) electrons. The molecule has 0 aliphatic rings. The molecule has 0 aromatic heterocycles. The standard InChI is InChI=1S/C14H17F3N4/c1-2-19-13(20-7-6-14(15,16)17)21-10-12-5-3-4-11(8-12)9-18/h3-5,8H,2,6-7,10H2,1H3,(H2,19,20,21). The highest BCUT2D eigenvalue weighted by Gasteiger charge is 2.26. The number of halogens is 3. The molecule has 114 valence electrons. The molecular weight excluding hydrogens is 281 g/mol. The molecule has 0 unspecified atom stereocenters. The highest BCUT2D eigenvalue weighted by atomic mass is 19.4. The number of aliphatic imine (C=N–C) groups is 1. The highest BCUT2D eigenvalue weighted by molar-refractivity contribution is 5.79. The first kappa shape index (κ1) is 16.8. The fourth-order valence-corrected chi connectivity index (χ4v) is 1.57. The third-order valence-electron chi connectivity index (χ3n) is 2.52. The Balaban J connectivity index is 2.60. The zero-order valence-corrected chi connectivity index (χ0v) is 11.7. The van der Waals surface area contributed by atoms with Crippen molar-refractivity contribution in [2.45, 2.75) is 26.1 Å². The van der Waals surface area contributed by atoms with Crippen LogP contribution in [0.25, 0.3) is 0 Å². The Morgan fingerprint density at radius 2 is 2.10 bits per heavy atom. The maximum Gasteiger partial charge on any atom is 0.390 e. The summed E-state index contributed by atoms with van der Waals surface area (Å²) in [6.07, 6.45) is -5.10. The number of rotatable bonds is 5. The van der Waals surface area contributed by atoms with Crippen LogP contribution in [0.4, 0.5) is 13.2 Å². The molecule has 0 amide bonds. The van der Waals surface area contributed by atoms with Gasteiger partial charge in [0.05, 0.1) is 24.6 Å². The molecule has 0 heterocycles. The first-order valence-corrected chi connectivity index (χ1v) is 6.52. The Labute approximate surface area is 121 Å². The smallest absolute Gasteiger partial charge is 0.357 e. The van der Waals surface area contributed by atoms with Gasteiger partial charge >= 0.3 is 6.18 Å². The Morgan fingerprint density at radius 1 is 1.33 bits per heavy atom. The van der Waals surface area contributed by atoms with Gasteiger partial charge in [0.25, 0.3) is 0 Å². The van der Waals surface area contributed by atoms with E-state index in [1.807, 2.05) is 19.1 Å². The van der Waals surface area contributed by atoms with Gasteiger partial charge in [-0.3, -0.25) is 0 Å². The van der Waals surface area contributed by atoms with E-state index in [2.05, 4.69) is 15.6 Å². The maximum absolute atomic E-state index is 12.1. The number of hydrogen-bond acceptors (Lipinski definition) is 2. The minimum atomic E-state index is -4.19. The number of benzene rings is 1. The van der Waals surface area contributed by atoms with Crippen molar-refractivity contribution in [1.29, 1.82) is 5.26 Å². The summed E-state index contributed by atoms with van der Waals surface area (Å²) in [5, 5.41) is 14.3. The van der Waals surface area contributed by atoms with E-state index in [1.54, 1.807) is 18.2 Å². The van der Waals surface area contributed by atoms with Gasteiger partial charge < -0.3 is 10.6 Å². The van der Waals surface area contributed by atoms with Crippen molar-refractivity contribution in [3.8, 4) is 6.07 Å². The van der Waals surface area contributed by atoms with E-state index in [0.717, 1.165) is 5.56 Å². The van der Waals surface area contributed by atoms with Crippen molar-refractivity contribution in [2.24, 2.45) is 4.99 Å². The SMILES string of the molecule is CCNC(=NCc1cccc(C#N)c1)NCCC(F)(F)F. The van der Waals surface area contributed by atoms with Crippen LogP contribution in [-0.4, -0.2) is 25.2 Å². The van der Waals surface area contributed by atoms with Gasteiger partial charge in [0.2, 0.25) is 0 Å². The third-order valence-corrected chi connectivity index (χ3v) is 2.52. The van der Waals surface area contributed by atoms with Gasteiger partial charge in [-0.15, -0.1) is 0 Å². The second-order valence-electron chi connectivity index (χ2n) is 4.30. The molecule has 4 nitrogen and oxygen atoms in total. The zero-order valence-electron chi connectivity index (χ0n) is 11.7. The van der Waals surface area contributed by atoms with Gasteiger partial charge in [-0.05, 0) is 24.6 Å². The second-order valence-corrected chi connectivity index (χ2v) is 4.30. The number of guanidine groups is 1. The number of nitriles is 1. The Bertz CT molecular complexity index is 518. The summed E-state index contributed by atoms with van der Waals surface area (Å²) in [6.45, 7) is 2.44. The van der Waals surface area contributed by atoms with Gasteiger partial charge in [0.15, 0.2) is 5.96 Å². The summed E-state index contributed by atoms with van der Waals surface area (Å²) in [5.41, 5.74) is 1.35. The van der Waals surface area contributed by atoms with E-state index in [1.165, 1.54) is 0 Å². The highest BCUT2D eigenvalue weighted by Crippen LogP contribution is 2.18. The summed E-state index contributed by atoms with van der Waals surface area (Å²) in [6, 6.07) is 8.96. The predicted octanol–water partition coefficient (Wildman–Crippen LogP) is 2.57. The molecule has 0 saturated heterocycles. The van der Waals surface area contributed by atoms with E-state index >= 15 is 0 Å². The lowest BCUT2D eigenvalue weighted by Gasteiger charge is -2.12. The molecule has 0 aliphatic heterocycles. The van der Waals surface area contributed by atoms with Crippen LogP contribution in [-0.2, 0) is 6.54 Å². The second kappa shape index (κ2) is 8.15. The normalized spacial score (nSPS) is 11.9. The lowest BCUT2D eigenvalue weighted by Crippen LogP contribution is -2.38. The first-order chi connectivity index (χ1) is 9.94. The van der Waals surface area contributed by atoms with Crippen LogP contribution in [0.5, 0.6) is 0 Å². The Morgan fingerprint density at radius 3 is 2.71 bits per heavy atom. The third kappa shape index (κ3) is 7.20. The summed E-state index contributed by atoms with van der Waals surface area (Å²) in [5.74, 6) is 0.323. The van der Waals surface area contributed by atoms with E-state index in [0.29, 0.717) is 18.1 Å². The Hall–Kier alpha value is -2.23. The van der Waals surface area contributed by atoms with Crippen LogP contribution < -0.4 is 10.6 Å². The van der Waals surface area contributed by atoms with Crippen molar-refractivity contribution in [1.82, 2.24) is 10.6 Å². The summed E-state index contributed by atoms with van der Waals surface area (Å²) >= 11 is 0.